The highest BCUT2D eigenvalue weighted by molar-refractivity contribution is 5.84. The fraction of sp³-hybridized carbons (Fsp3) is 0.350. The van der Waals surface area contributed by atoms with Crippen molar-refractivity contribution in [1.82, 2.24) is 9.55 Å². The zero-order chi connectivity index (χ0) is 21.8. The normalized spacial score (nSPS) is 22.9. The lowest BCUT2D eigenvalue weighted by Gasteiger charge is -2.18. The van der Waals surface area contributed by atoms with E-state index in [4.69, 9.17) is 20.6 Å². The van der Waals surface area contributed by atoms with Gasteiger partial charge in [-0.3, -0.25) is 9.88 Å². The first-order chi connectivity index (χ1) is 14.3. The zero-order valence-corrected chi connectivity index (χ0v) is 16.3. The number of aliphatic hydroxyl groups excluding tert-OH is 2. The molecule has 0 aliphatic carbocycles. The molecule has 0 saturated carbocycles. The molecule has 3 N–H and O–H groups in total. The number of nitrogens with one attached hydrogen (secondary N) is 1. The molecular weight excluding hydrogens is 394 g/mol. The Morgan fingerprint density at radius 2 is 2.17 bits per heavy atom. The fourth-order valence-corrected chi connectivity index (χ4v) is 2.95. The number of terminal acetylenes is 1. The maximum Gasteiger partial charge on any atom is 0.413 e. The Morgan fingerprint density at radius 1 is 1.40 bits per heavy atom. The van der Waals surface area contributed by atoms with Gasteiger partial charge in [0.1, 0.15) is 24.6 Å². The van der Waals surface area contributed by atoms with Crippen LogP contribution in [0.5, 0.6) is 5.75 Å². The number of carbonyl (C=O) groups excluding carboxylic acids is 1. The van der Waals surface area contributed by atoms with E-state index in [1.165, 1.54) is 13.3 Å². The van der Waals surface area contributed by atoms with Gasteiger partial charge in [-0.05, 0) is 24.6 Å². The van der Waals surface area contributed by atoms with Gasteiger partial charge in [0.2, 0.25) is 0 Å². The molecule has 158 valence electrons. The summed E-state index contributed by atoms with van der Waals surface area (Å²) in [6.07, 6.45) is 1.48. The molecule has 10 heteroatoms. The average molecular weight is 415 g/mol. The van der Waals surface area contributed by atoms with E-state index in [0.29, 0.717) is 11.3 Å². The number of rotatable bonds is 5. The number of amides is 1. The lowest BCUT2D eigenvalue weighted by Crippen LogP contribution is -2.36. The molecule has 0 radical (unpaired) electrons. The first kappa shape index (κ1) is 21.3. The van der Waals surface area contributed by atoms with Gasteiger partial charge in [-0.2, -0.15) is 4.98 Å². The van der Waals surface area contributed by atoms with Gasteiger partial charge >= 0.3 is 11.8 Å². The van der Waals surface area contributed by atoms with Crippen molar-refractivity contribution in [3.8, 4) is 18.1 Å². The number of ether oxygens (including phenoxy) is 3. The molecule has 4 atom stereocenters. The van der Waals surface area contributed by atoms with Gasteiger partial charge in [-0.25, -0.2) is 9.59 Å². The van der Waals surface area contributed by atoms with Crippen LogP contribution >= 0.6 is 0 Å². The van der Waals surface area contributed by atoms with Gasteiger partial charge in [0.05, 0.1) is 18.8 Å². The van der Waals surface area contributed by atoms with E-state index >= 15 is 0 Å². The number of benzene rings is 1. The molecule has 1 aliphatic rings. The van der Waals surface area contributed by atoms with Crippen LogP contribution in [0, 0.1) is 12.3 Å². The topological polar surface area (TPSA) is 132 Å². The van der Waals surface area contributed by atoms with E-state index in [1.807, 2.05) is 0 Å². The Kier molecular flexibility index (Phi) is 6.37. The summed E-state index contributed by atoms with van der Waals surface area (Å²) in [5.74, 6) is 2.76. The third-order valence-corrected chi connectivity index (χ3v) is 4.58. The predicted molar refractivity (Wildman–Crippen MR) is 105 cm³/mol. The average Bonchev–Trinajstić information content (AvgIpc) is 3.00. The van der Waals surface area contributed by atoms with Crippen LogP contribution < -0.4 is 15.7 Å². The van der Waals surface area contributed by atoms with Gasteiger partial charge in [0.15, 0.2) is 12.0 Å². The van der Waals surface area contributed by atoms with Gasteiger partial charge in [-0.1, -0.05) is 18.1 Å². The Labute approximate surface area is 172 Å². The summed E-state index contributed by atoms with van der Waals surface area (Å²) >= 11 is 0. The molecular formula is C20H21N3O7. The van der Waals surface area contributed by atoms with Crippen molar-refractivity contribution in [2.75, 3.05) is 12.4 Å². The largest absolute Gasteiger partial charge is 0.497 e. The number of aliphatic hydroxyl groups is 2. The maximum atomic E-state index is 12.4. The van der Waals surface area contributed by atoms with Gasteiger partial charge in [0.25, 0.3) is 0 Å². The Morgan fingerprint density at radius 3 is 2.80 bits per heavy atom. The van der Waals surface area contributed by atoms with E-state index in [9.17, 15) is 19.8 Å². The second-order valence-electron chi connectivity index (χ2n) is 6.60. The van der Waals surface area contributed by atoms with Crippen LogP contribution in [0.15, 0.2) is 35.3 Å². The molecule has 1 fully saturated rings. The summed E-state index contributed by atoms with van der Waals surface area (Å²) < 4.78 is 16.6. The summed E-state index contributed by atoms with van der Waals surface area (Å²) in [7, 11) is 1.53. The fourth-order valence-electron chi connectivity index (χ4n) is 2.95. The molecule has 3 rings (SSSR count). The summed E-state index contributed by atoms with van der Waals surface area (Å²) in [6, 6.07) is 6.98. The smallest absolute Gasteiger partial charge is 0.413 e. The number of hydrogen-bond acceptors (Lipinski definition) is 8. The number of nitrogens with zero attached hydrogens (tertiary/aromatic N) is 2. The first-order valence-electron chi connectivity index (χ1n) is 9.02. The van der Waals surface area contributed by atoms with Crippen LogP contribution in [0.25, 0.3) is 0 Å². The highest BCUT2D eigenvalue weighted by atomic mass is 16.6. The second kappa shape index (κ2) is 8.96. The molecule has 1 aromatic carbocycles. The summed E-state index contributed by atoms with van der Waals surface area (Å²) in [6.45, 7) is 1.52. The SMILES string of the molecule is C#Cc1cn([C@@H]2O[C@H](C)[C@@H](O)[C@H]2O)c(=O)nc1NC(=O)OCc1cccc(OC)c1. The molecule has 1 amide bonds. The third-order valence-electron chi connectivity index (χ3n) is 4.58. The van der Waals surface area contributed by atoms with Crippen molar-refractivity contribution >= 4 is 11.9 Å². The third kappa shape index (κ3) is 4.44. The van der Waals surface area contributed by atoms with Crippen molar-refractivity contribution in [2.45, 2.75) is 38.1 Å². The molecule has 2 heterocycles. The van der Waals surface area contributed by atoms with Gasteiger partial charge in [-0.15, -0.1) is 6.42 Å². The number of methoxy groups -OCH3 is 1. The minimum Gasteiger partial charge on any atom is -0.497 e. The van der Waals surface area contributed by atoms with Crippen molar-refractivity contribution < 1.29 is 29.2 Å². The summed E-state index contributed by atoms with van der Waals surface area (Å²) in [4.78, 5) is 28.3. The number of aromatic nitrogens is 2. The minimum absolute atomic E-state index is 0.0383. The minimum atomic E-state index is -1.34. The standard InChI is InChI=1S/C20H21N3O7/c1-4-13-9-23(18-16(25)15(24)11(2)30-18)19(26)21-17(13)22-20(27)29-10-12-6-5-7-14(8-12)28-3/h1,5-9,11,15-16,18,24-25H,10H2,2-3H3,(H,21,22,26,27)/t11-,15-,16-,18-/m1/s1. The van der Waals surface area contributed by atoms with Gasteiger partial charge < -0.3 is 24.4 Å². The summed E-state index contributed by atoms with van der Waals surface area (Å²) in [5, 5.41) is 22.3. The van der Waals surface area contributed by atoms with Crippen LogP contribution in [0.3, 0.4) is 0 Å². The van der Waals surface area contributed by atoms with Crippen molar-refractivity contribution in [3.05, 3.63) is 52.1 Å². The Bertz CT molecular complexity index is 1030. The van der Waals surface area contributed by atoms with E-state index in [0.717, 1.165) is 4.57 Å². The number of hydrogen-bond donors (Lipinski definition) is 3. The van der Waals surface area contributed by atoms with Crippen LogP contribution in [0.4, 0.5) is 10.6 Å². The molecule has 1 aromatic heterocycles. The second-order valence-corrected chi connectivity index (χ2v) is 6.60. The summed E-state index contributed by atoms with van der Waals surface area (Å²) in [5.41, 5.74) is -0.0645. The quantitative estimate of drug-likeness (QED) is 0.606. The molecule has 0 bridgehead atoms. The highest BCUT2D eigenvalue weighted by Gasteiger charge is 2.42. The number of anilines is 1. The van der Waals surface area contributed by atoms with Crippen LogP contribution in [0.1, 0.15) is 24.3 Å². The van der Waals surface area contributed by atoms with Crippen molar-refractivity contribution in [2.24, 2.45) is 0 Å². The maximum absolute atomic E-state index is 12.4. The molecule has 10 nitrogen and oxygen atoms in total. The molecule has 30 heavy (non-hydrogen) atoms. The van der Waals surface area contributed by atoms with E-state index < -0.39 is 36.3 Å². The van der Waals surface area contributed by atoms with Gasteiger partial charge in [0, 0.05) is 6.20 Å². The molecule has 0 unspecified atom stereocenters. The lowest BCUT2D eigenvalue weighted by molar-refractivity contribution is -0.0350. The van der Waals surface area contributed by atoms with Crippen LogP contribution in [-0.2, 0) is 16.1 Å². The van der Waals surface area contributed by atoms with E-state index in [2.05, 4.69) is 16.2 Å². The van der Waals surface area contributed by atoms with Crippen molar-refractivity contribution in [1.29, 1.82) is 0 Å². The zero-order valence-electron chi connectivity index (χ0n) is 16.3. The van der Waals surface area contributed by atoms with E-state index in [1.54, 1.807) is 31.2 Å². The molecule has 2 aromatic rings. The van der Waals surface area contributed by atoms with E-state index in [-0.39, 0.29) is 18.0 Å². The molecule has 0 spiro atoms. The van der Waals surface area contributed by atoms with Crippen LogP contribution in [0.2, 0.25) is 0 Å². The Balaban J connectivity index is 1.73. The van der Waals surface area contributed by atoms with Crippen molar-refractivity contribution in [3.63, 3.8) is 0 Å². The predicted octanol–water partition coefficient (Wildman–Crippen LogP) is 0.621. The monoisotopic (exact) mass is 415 g/mol. The lowest BCUT2D eigenvalue weighted by atomic mass is 10.1. The van der Waals surface area contributed by atoms with Crippen LogP contribution in [-0.4, -0.2) is 51.3 Å². The molecule has 1 aliphatic heterocycles. The Hall–Kier alpha value is -3.39. The highest BCUT2D eigenvalue weighted by Crippen LogP contribution is 2.28. The first-order valence-corrected chi connectivity index (χ1v) is 9.02. The number of carbonyl (C=O) groups is 1. The molecule has 1 saturated heterocycles.